The van der Waals surface area contributed by atoms with Crippen LogP contribution >= 0.6 is 0 Å². The summed E-state index contributed by atoms with van der Waals surface area (Å²) in [5, 5.41) is 17.4. The second-order valence-corrected chi connectivity index (χ2v) is 8.94. The smallest absolute Gasteiger partial charge is 0.326 e. The molecule has 1 aromatic rings. The molecule has 0 aliphatic heterocycles. The van der Waals surface area contributed by atoms with Crippen LogP contribution in [-0.4, -0.2) is 53.0 Å². The standard InChI is InChI=1S/C24H38N4O5/c1-6-15(4)20(23(31)27-19(24(32)33)12-14(2)3)28-22(30)18(26-21(29)16(5)25)13-17-10-8-7-9-11-17/h7-11,14-16,18-20H,6,12-13,25H2,1-5H3,(H,26,29)(H,27,31)(H,28,30)(H,32,33). The second kappa shape index (κ2) is 13.6. The molecule has 1 aromatic carbocycles. The Labute approximate surface area is 195 Å². The number of amides is 3. The Morgan fingerprint density at radius 1 is 0.879 bits per heavy atom. The summed E-state index contributed by atoms with van der Waals surface area (Å²) in [6.07, 6.45) is 1.06. The lowest BCUT2D eigenvalue weighted by atomic mass is 9.96. The lowest BCUT2D eigenvalue weighted by Crippen LogP contribution is -2.59. The molecule has 3 amide bonds. The van der Waals surface area contributed by atoms with Crippen LogP contribution in [0.1, 0.15) is 53.0 Å². The van der Waals surface area contributed by atoms with Gasteiger partial charge in [0.05, 0.1) is 6.04 Å². The van der Waals surface area contributed by atoms with E-state index in [1.54, 1.807) is 6.92 Å². The summed E-state index contributed by atoms with van der Waals surface area (Å²) < 4.78 is 0. The van der Waals surface area contributed by atoms with Gasteiger partial charge in [0, 0.05) is 6.42 Å². The van der Waals surface area contributed by atoms with Gasteiger partial charge in [-0.2, -0.15) is 0 Å². The van der Waals surface area contributed by atoms with Gasteiger partial charge in [0.2, 0.25) is 17.7 Å². The highest BCUT2D eigenvalue weighted by Gasteiger charge is 2.32. The first-order valence-electron chi connectivity index (χ1n) is 11.4. The Morgan fingerprint density at radius 3 is 1.94 bits per heavy atom. The SMILES string of the molecule is CCC(C)C(NC(=O)C(Cc1ccccc1)NC(=O)C(C)N)C(=O)NC(CC(C)C)C(=O)O. The van der Waals surface area contributed by atoms with Crippen LogP contribution in [0.2, 0.25) is 0 Å². The molecule has 0 bridgehead atoms. The van der Waals surface area contributed by atoms with Crippen molar-refractivity contribution in [3.63, 3.8) is 0 Å². The van der Waals surface area contributed by atoms with Crippen molar-refractivity contribution in [1.29, 1.82) is 0 Å². The van der Waals surface area contributed by atoms with Crippen LogP contribution in [0.4, 0.5) is 0 Å². The molecule has 0 fully saturated rings. The fourth-order valence-corrected chi connectivity index (χ4v) is 3.27. The molecule has 184 valence electrons. The van der Waals surface area contributed by atoms with E-state index in [4.69, 9.17) is 5.73 Å². The van der Waals surface area contributed by atoms with Gasteiger partial charge in [-0.1, -0.05) is 64.4 Å². The summed E-state index contributed by atoms with van der Waals surface area (Å²) in [6.45, 7) is 8.92. The van der Waals surface area contributed by atoms with E-state index in [2.05, 4.69) is 16.0 Å². The number of carboxylic acids is 1. The van der Waals surface area contributed by atoms with Gasteiger partial charge in [-0.25, -0.2) is 4.79 Å². The first kappa shape index (κ1) is 28.1. The first-order chi connectivity index (χ1) is 15.5. The Morgan fingerprint density at radius 2 is 1.45 bits per heavy atom. The maximum absolute atomic E-state index is 13.2. The van der Waals surface area contributed by atoms with Crippen molar-refractivity contribution in [3.8, 4) is 0 Å². The van der Waals surface area contributed by atoms with E-state index in [1.807, 2.05) is 51.1 Å². The molecular weight excluding hydrogens is 424 g/mol. The zero-order valence-electron chi connectivity index (χ0n) is 20.1. The van der Waals surface area contributed by atoms with Gasteiger partial charge in [0.25, 0.3) is 0 Å². The number of carbonyl (C=O) groups is 4. The first-order valence-corrected chi connectivity index (χ1v) is 11.4. The van der Waals surface area contributed by atoms with Crippen LogP contribution in [0, 0.1) is 11.8 Å². The topological polar surface area (TPSA) is 151 Å². The summed E-state index contributed by atoms with van der Waals surface area (Å²) in [4.78, 5) is 50.0. The van der Waals surface area contributed by atoms with E-state index in [0.717, 1.165) is 5.56 Å². The van der Waals surface area contributed by atoms with E-state index < -0.39 is 47.9 Å². The third-order valence-corrected chi connectivity index (χ3v) is 5.44. The molecule has 33 heavy (non-hydrogen) atoms. The molecule has 9 heteroatoms. The number of benzene rings is 1. The van der Waals surface area contributed by atoms with Crippen molar-refractivity contribution in [3.05, 3.63) is 35.9 Å². The predicted molar refractivity (Wildman–Crippen MR) is 126 cm³/mol. The van der Waals surface area contributed by atoms with Crippen molar-refractivity contribution < 1.29 is 24.3 Å². The number of aliphatic carboxylic acids is 1. The zero-order chi connectivity index (χ0) is 25.1. The molecule has 5 atom stereocenters. The summed E-state index contributed by atoms with van der Waals surface area (Å²) in [6, 6.07) is 5.40. The molecule has 0 heterocycles. The lowest BCUT2D eigenvalue weighted by molar-refractivity contribution is -0.143. The monoisotopic (exact) mass is 462 g/mol. The zero-order valence-corrected chi connectivity index (χ0v) is 20.1. The number of rotatable bonds is 13. The summed E-state index contributed by atoms with van der Waals surface area (Å²) in [5.41, 5.74) is 6.49. The van der Waals surface area contributed by atoms with Crippen molar-refractivity contribution in [2.24, 2.45) is 17.6 Å². The van der Waals surface area contributed by atoms with Gasteiger partial charge in [-0.15, -0.1) is 0 Å². The van der Waals surface area contributed by atoms with Crippen molar-refractivity contribution >= 4 is 23.7 Å². The fraction of sp³-hybridized carbons (Fsp3) is 0.583. The minimum absolute atomic E-state index is 0.0618. The molecule has 0 spiro atoms. The third-order valence-electron chi connectivity index (χ3n) is 5.44. The van der Waals surface area contributed by atoms with Crippen LogP contribution in [0.25, 0.3) is 0 Å². The van der Waals surface area contributed by atoms with E-state index in [9.17, 15) is 24.3 Å². The summed E-state index contributed by atoms with van der Waals surface area (Å²) in [5.74, 6) is -2.92. The van der Waals surface area contributed by atoms with Gasteiger partial charge in [0.15, 0.2) is 0 Å². The largest absolute Gasteiger partial charge is 0.480 e. The van der Waals surface area contributed by atoms with Crippen molar-refractivity contribution in [2.45, 2.75) is 78.0 Å². The minimum atomic E-state index is -1.13. The number of carbonyl (C=O) groups excluding carboxylic acids is 3. The molecule has 0 saturated heterocycles. The molecule has 0 saturated carbocycles. The quantitative estimate of drug-likeness (QED) is 0.297. The van der Waals surface area contributed by atoms with Crippen LogP contribution in [0.15, 0.2) is 30.3 Å². The molecule has 0 aromatic heterocycles. The van der Waals surface area contributed by atoms with E-state index in [1.165, 1.54) is 6.92 Å². The minimum Gasteiger partial charge on any atom is -0.480 e. The second-order valence-electron chi connectivity index (χ2n) is 8.94. The molecule has 1 rings (SSSR count). The molecule has 5 unspecified atom stereocenters. The molecule has 6 N–H and O–H groups in total. The highest BCUT2D eigenvalue weighted by molar-refractivity contribution is 5.94. The third kappa shape index (κ3) is 9.61. The van der Waals surface area contributed by atoms with E-state index in [-0.39, 0.29) is 24.7 Å². The number of nitrogens with two attached hydrogens (primary N) is 1. The highest BCUT2D eigenvalue weighted by atomic mass is 16.4. The summed E-state index contributed by atoms with van der Waals surface area (Å²) in [7, 11) is 0. The molecular formula is C24H38N4O5. The van der Waals surface area contributed by atoms with Crippen LogP contribution in [-0.2, 0) is 25.6 Å². The molecule has 0 aliphatic rings. The van der Waals surface area contributed by atoms with Crippen LogP contribution in [0.5, 0.6) is 0 Å². The Kier molecular flexibility index (Phi) is 11.6. The Hall–Kier alpha value is -2.94. The van der Waals surface area contributed by atoms with Crippen molar-refractivity contribution in [1.82, 2.24) is 16.0 Å². The van der Waals surface area contributed by atoms with Crippen LogP contribution < -0.4 is 21.7 Å². The number of hydrogen-bond acceptors (Lipinski definition) is 5. The lowest BCUT2D eigenvalue weighted by Gasteiger charge is -2.28. The fourth-order valence-electron chi connectivity index (χ4n) is 3.27. The van der Waals surface area contributed by atoms with E-state index >= 15 is 0 Å². The van der Waals surface area contributed by atoms with Gasteiger partial charge >= 0.3 is 5.97 Å². The van der Waals surface area contributed by atoms with Gasteiger partial charge in [-0.05, 0) is 30.7 Å². The average molecular weight is 463 g/mol. The van der Waals surface area contributed by atoms with Gasteiger partial charge in [-0.3, -0.25) is 14.4 Å². The molecule has 9 nitrogen and oxygen atoms in total. The van der Waals surface area contributed by atoms with E-state index in [0.29, 0.717) is 6.42 Å². The van der Waals surface area contributed by atoms with Gasteiger partial charge in [0.1, 0.15) is 18.1 Å². The highest BCUT2D eigenvalue weighted by Crippen LogP contribution is 2.12. The maximum atomic E-state index is 13.2. The normalized spacial score (nSPS) is 15.6. The van der Waals surface area contributed by atoms with Crippen LogP contribution in [0.3, 0.4) is 0 Å². The Bertz CT molecular complexity index is 797. The molecule has 0 aliphatic carbocycles. The molecule has 0 radical (unpaired) electrons. The Balaban J connectivity index is 3.08. The average Bonchev–Trinajstić information content (AvgIpc) is 2.75. The number of nitrogens with one attached hydrogen (secondary N) is 3. The predicted octanol–water partition coefficient (Wildman–Crippen LogP) is 1.21. The van der Waals surface area contributed by atoms with Crippen molar-refractivity contribution in [2.75, 3.05) is 0 Å². The number of carboxylic acid groups (broad SMARTS) is 1. The number of hydrogen-bond donors (Lipinski definition) is 5. The van der Waals surface area contributed by atoms with Gasteiger partial charge < -0.3 is 26.8 Å². The summed E-state index contributed by atoms with van der Waals surface area (Å²) >= 11 is 0. The maximum Gasteiger partial charge on any atom is 0.326 e.